The molecule has 0 aliphatic rings. The van der Waals surface area contributed by atoms with Gasteiger partial charge in [0.2, 0.25) is 0 Å². The number of nitrogens with zero attached hydrogens (tertiary/aromatic N) is 2. The van der Waals surface area contributed by atoms with E-state index in [9.17, 15) is 14.0 Å². The molecule has 0 spiro atoms. The van der Waals surface area contributed by atoms with E-state index < -0.39 is 11.8 Å². The third-order valence-electron chi connectivity index (χ3n) is 4.89. The highest BCUT2D eigenvalue weighted by atomic mass is 35.5. The van der Waals surface area contributed by atoms with Crippen LogP contribution < -0.4 is 16.2 Å². The van der Waals surface area contributed by atoms with E-state index in [0.29, 0.717) is 23.1 Å². The predicted octanol–water partition coefficient (Wildman–Crippen LogP) is 6.17. The van der Waals surface area contributed by atoms with Gasteiger partial charge < -0.3 is 15.2 Å². The summed E-state index contributed by atoms with van der Waals surface area (Å²) in [6.07, 6.45) is 1.55. The van der Waals surface area contributed by atoms with Gasteiger partial charge in [-0.25, -0.2) is 14.2 Å². The quantitative estimate of drug-likeness (QED) is 0.350. The monoisotopic (exact) mass is 470 g/mol. The van der Waals surface area contributed by atoms with E-state index in [1.165, 1.54) is 10.6 Å². The first-order valence-corrected chi connectivity index (χ1v) is 10.4. The Morgan fingerprint density at radius 3 is 2.53 bits per heavy atom. The zero-order valence-electron chi connectivity index (χ0n) is 16.8. The SMILES string of the molecule is CCn1c(=O)c(-c2cc(NC(=O)Nc3ccccc3)c(F)cc2Cl)cc2cnc(Cl)cc21. The molecule has 0 atom stereocenters. The summed E-state index contributed by atoms with van der Waals surface area (Å²) >= 11 is 12.3. The standard InChI is InChI=1S/C23H17Cl2FN4O2/c1-2-30-20-11-21(25)27-12-13(20)8-16(22(30)31)15-9-19(18(26)10-17(15)24)29-23(32)28-14-6-4-3-5-7-14/h3-12H,2H2,1H3,(H2,28,29,32). The number of amides is 2. The molecule has 0 saturated heterocycles. The van der Waals surface area contributed by atoms with Crippen molar-refractivity contribution in [3.05, 3.63) is 87.1 Å². The molecule has 0 fully saturated rings. The second-order valence-corrected chi connectivity index (χ2v) is 7.72. The lowest BCUT2D eigenvalue weighted by atomic mass is 10.0. The normalized spacial score (nSPS) is 10.9. The molecule has 9 heteroatoms. The van der Waals surface area contributed by atoms with Crippen molar-refractivity contribution in [2.24, 2.45) is 0 Å². The van der Waals surface area contributed by atoms with Gasteiger partial charge in [0.15, 0.2) is 0 Å². The fraction of sp³-hybridized carbons (Fsp3) is 0.0870. The summed E-state index contributed by atoms with van der Waals surface area (Å²) in [5, 5.41) is 6.06. The molecule has 4 aromatic rings. The minimum Gasteiger partial charge on any atom is -0.308 e. The van der Waals surface area contributed by atoms with Gasteiger partial charge in [0.1, 0.15) is 11.0 Å². The summed E-state index contributed by atoms with van der Waals surface area (Å²) in [4.78, 5) is 29.6. The lowest BCUT2D eigenvalue weighted by molar-refractivity contribution is 0.262. The number of aromatic nitrogens is 2. The lowest BCUT2D eigenvalue weighted by Crippen LogP contribution is -2.22. The number of carbonyl (C=O) groups excluding carboxylic acids is 1. The van der Waals surface area contributed by atoms with Crippen LogP contribution in [-0.4, -0.2) is 15.6 Å². The third-order valence-corrected chi connectivity index (χ3v) is 5.41. The molecule has 2 aromatic carbocycles. The molecule has 4 rings (SSSR count). The minimum absolute atomic E-state index is 0.0394. The fourth-order valence-corrected chi connectivity index (χ4v) is 3.82. The Morgan fingerprint density at radius 1 is 1.06 bits per heavy atom. The summed E-state index contributed by atoms with van der Waals surface area (Å²) in [6.45, 7) is 2.21. The van der Waals surface area contributed by atoms with Gasteiger partial charge >= 0.3 is 6.03 Å². The second-order valence-electron chi connectivity index (χ2n) is 6.93. The molecular formula is C23H17Cl2FN4O2. The average Bonchev–Trinajstić information content (AvgIpc) is 2.76. The first-order chi connectivity index (χ1) is 15.4. The maximum atomic E-state index is 14.6. The number of aryl methyl sites for hydroxylation is 1. The van der Waals surface area contributed by atoms with Crippen molar-refractivity contribution < 1.29 is 9.18 Å². The molecule has 2 amide bonds. The summed E-state index contributed by atoms with van der Waals surface area (Å²) in [7, 11) is 0. The zero-order valence-corrected chi connectivity index (χ0v) is 18.3. The third kappa shape index (κ3) is 4.30. The van der Waals surface area contributed by atoms with E-state index in [-0.39, 0.29) is 32.5 Å². The molecule has 0 aliphatic carbocycles. The van der Waals surface area contributed by atoms with Crippen molar-refractivity contribution in [3.8, 4) is 11.1 Å². The number of hydrogen-bond acceptors (Lipinski definition) is 3. The van der Waals surface area contributed by atoms with E-state index in [1.54, 1.807) is 42.6 Å². The first-order valence-electron chi connectivity index (χ1n) is 9.69. The Kier molecular flexibility index (Phi) is 6.12. The highest BCUT2D eigenvalue weighted by Crippen LogP contribution is 2.32. The summed E-state index contributed by atoms with van der Waals surface area (Å²) in [6, 6.07) is 13.7. The van der Waals surface area contributed by atoms with Crippen LogP contribution in [0.15, 0.2) is 65.6 Å². The molecule has 32 heavy (non-hydrogen) atoms. The highest BCUT2D eigenvalue weighted by molar-refractivity contribution is 6.33. The van der Waals surface area contributed by atoms with E-state index in [4.69, 9.17) is 23.2 Å². The number of nitrogens with one attached hydrogen (secondary N) is 2. The fourth-order valence-electron chi connectivity index (χ4n) is 3.41. The van der Waals surface area contributed by atoms with E-state index >= 15 is 0 Å². The number of para-hydroxylation sites is 1. The summed E-state index contributed by atoms with van der Waals surface area (Å²) in [5.74, 6) is -0.730. The summed E-state index contributed by atoms with van der Waals surface area (Å²) in [5.41, 5.74) is 1.27. The van der Waals surface area contributed by atoms with Crippen LogP contribution in [0.1, 0.15) is 6.92 Å². The summed E-state index contributed by atoms with van der Waals surface area (Å²) < 4.78 is 16.1. The predicted molar refractivity (Wildman–Crippen MR) is 126 cm³/mol. The van der Waals surface area contributed by atoms with Crippen LogP contribution in [0.5, 0.6) is 0 Å². The van der Waals surface area contributed by atoms with Crippen molar-refractivity contribution in [1.82, 2.24) is 9.55 Å². The zero-order chi connectivity index (χ0) is 22.8. The van der Waals surface area contributed by atoms with Gasteiger partial charge in [0.25, 0.3) is 5.56 Å². The van der Waals surface area contributed by atoms with E-state index in [2.05, 4.69) is 15.6 Å². The smallest absolute Gasteiger partial charge is 0.308 e. The molecule has 6 nitrogen and oxygen atoms in total. The molecule has 2 heterocycles. The van der Waals surface area contributed by atoms with Gasteiger partial charge in [0.05, 0.1) is 16.2 Å². The van der Waals surface area contributed by atoms with Crippen molar-refractivity contribution in [2.45, 2.75) is 13.5 Å². The van der Waals surface area contributed by atoms with Gasteiger partial charge in [-0.15, -0.1) is 0 Å². The Hall–Kier alpha value is -3.42. The number of urea groups is 1. The van der Waals surface area contributed by atoms with Crippen LogP contribution in [0.25, 0.3) is 22.0 Å². The van der Waals surface area contributed by atoms with Crippen LogP contribution >= 0.6 is 23.2 Å². The maximum absolute atomic E-state index is 14.6. The largest absolute Gasteiger partial charge is 0.323 e. The number of pyridine rings is 2. The highest BCUT2D eigenvalue weighted by Gasteiger charge is 2.17. The number of fused-ring (bicyclic) bond motifs is 1. The Balaban J connectivity index is 1.77. The van der Waals surface area contributed by atoms with Crippen LogP contribution in [-0.2, 0) is 6.54 Å². The van der Waals surface area contributed by atoms with E-state index in [0.717, 1.165) is 6.07 Å². The Morgan fingerprint density at radius 2 is 1.81 bits per heavy atom. The van der Waals surface area contributed by atoms with Crippen LogP contribution in [0.2, 0.25) is 10.2 Å². The topological polar surface area (TPSA) is 76.0 Å². The van der Waals surface area contributed by atoms with Gasteiger partial charge in [-0.05, 0) is 43.3 Å². The number of halogens is 3. The number of carbonyl (C=O) groups is 1. The van der Waals surface area contributed by atoms with E-state index in [1.807, 2.05) is 13.0 Å². The van der Waals surface area contributed by atoms with Crippen LogP contribution in [0.4, 0.5) is 20.6 Å². The molecule has 162 valence electrons. The van der Waals surface area contributed by atoms with Gasteiger partial charge in [-0.3, -0.25) is 4.79 Å². The van der Waals surface area contributed by atoms with Gasteiger partial charge in [-0.1, -0.05) is 41.4 Å². The minimum atomic E-state index is -0.730. The average molecular weight is 471 g/mol. The van der Waals surface area contributed by atoms with Crippen molar-refractivity contribution in [2.75, 3.05) is 10.6 Å². The molecule has 0 saturated carbocycles. The molecule has 0 unspecified atom stereocenters. The molecule has 0 bridgehead atoms. The molecule has 0 radical (unpaired) electrons. The number of anilines is 2. The number of rotatable bonds is 4. The molecule has 0 aliphatic heterocycles. The maximum Gasteiger partial charge on any atom is 0.323 e. The molecule has 2 aromatic heterocycles. The number of benzene rings is 2. The van der Waals surface area contributed by atoms with Crippen molar-refractivity contribution >= 4 is 51.5 Å². The van der Waals surface area contributed by atoms with Gasteiger partial charge in [0, 0.05) is 34.9 Å². The van der Waals surface area contributed by atoms with Crippen molar-refractivity contribution in [1.29, 1.82) is 0 Å². The Bertz CT molecular complexity index is 1390. The van der Waals surface area contributed by atoms with Crippen LogP contribution in [0, 0.1) is 5.82 Å². The van der Waals surface area contributed by atoms with Crippen LogP contribution in [0.3, 0.4) is 0 Å². The Labute approximate surface area is 192 Å². The van der Waals surface area contributed by atoms with Crippen molar-refractivity contribution in [3.63, 3.8) is 0 Å². The first kappa shape index (κ1) is 21.8. The van der Waals surface area contributed by atoms with Gasteiger partial charge in [-0.2, -0.15) is 0 Å². The molecule has 2 N–H and O–H groups in total. The molecular weight excluding hydrogens is 454 g/mol. The lowest BCUT2D eigenvalue weighted by Gasteiger charge is -2.14. The second kappa shape index (κ2) is 8.98. The number of hydrogen-bond donors (Lipinski definition) is 2.